The number of nitrogens with zero attached hydrogens (tertiary/aromatic N) is 3. The van der Waals surface area contributed by atoms with Gasteiger partial charge in [-0.1, -0.05) is 0 Å². The van der Waals surface area contributed by atoms with Crippen LogP contribution >= 0.6 is 15.9 Å². The van der Waals surface area contributed by atoms with Gasteiger partial charge in [0.2, 0.25) is 0 Å². The van der Waals surface area contributed by atoms with Crippen LogP contribution in [0.3, 0.4) is 0 Å². The highest BCUT2D eigenvalue weighted by atomic mass is 79.9. The van der Waals surface area contributed by atoms with E-state index >= 15 is 0 Å². The molecule has 0 amide bonds. The second kappa shape index (κ2) is 4.67. The molecule has 1 aliphatic heterocycles. The third-order valence-electron chi connectivity index (χ3n) is 2.33. The van der Waals surface area contributed by atoms with Gasteiger partial charge < -0.3 is 10.2 Å². The largest absolute Gasteiger partial charge is 0.353 e. The van der Waals surface area contributed by atoms with Crippen LogP contribution in [0.5, 0.6) is 0 Å². The van der Waals surface area contributed by atoms with Gasteiger partial charge in [0.25, 0.3) is 0 Å². The normalized spacial score (nSPS) is 16.5. The van der Waals surface area contributed by atoms with Gasteiger partial charge in [0.1, 0.15) is 11.5 Å². The Bertz CT molecular complexity index is 365. The third kappa shape index (κ3) is 2.32. The molecule has 1 aliphatic rings. The van der Waals surface area contributed by atoms with E-state index in [4.69, 9.17) is 0 Å². The Hall–Kier alpha value is -1.01. The van der Waals surface area contributed by atoms with E-state index in [1.807, 2.05) is 0 Å². The zero-order valence-corrected chi connectivity index (χ0v) is 9.70. The number of anilines is 1. The summed E-state index contributed by atoms with van der Waals surface area (Å²) in [6.45, 7) is 3.78. The lowest BCUT2D eigenvalue weighted by atomic mass is 10.3. The topological polar surface area (TPSA) is 57.6 Å². The fourth-order valence-corrected chi connectivity index (χ4v) is 2.17. The Morgan fingerprint density at radius 2 is 2.20 bits per heavy atom. The molecule has 1 aromatic heterocycles. The summed E-state index contributed by atoms with van der Waals surface area (Å²) < 4.78 is 0.821. The van der Waals surface area contributed by atoms with Crippen molar-refractivity contribution in [3.63, 3.8) is 0 Å². The first-order valence-electron chi connectivity index (χ1n) is 4.76. The second-order valence-corrected chi connectivity index (χ2v) is 4.18. The van der Waals surface area contributed by atoms with Crippen LogP contribution in [0.1, 0.15) is 0 Å². The number of hydrogen-bond acceptors (Lipinski definition) is 5. The van der Waals surface area contributed by atoms with Gasteiger partial charge in [0.05, 0.1) is 10.7 Å². The number of hydrogen-bond donors (Lipinski definition) is 1. The Kier molecular flexibility index (Phi) is 3.27. The SMILES string of the molecule is O=Nc1cnc(N2CCNCC2)c(Br)c1. The van der Waals surface area contributed by atoms with Crippen LogP contribution in [0.4, 0.5) is 11.5 Å². The molecule has 0 saturated carbocycles. The van der Waals surface area contributed by atoms with Crippen molar-refractivity contribution >= 4 is 27.4 Å². The van der Waals surface area contributed by atoms with Crippen molar-refractivity contribution in [2.75, 3.05) is 31.1 Å². The summed E-state index contributed by atoms with van der Waals surface area (Å²) in [5.74, 6) is 0.879. The Morgan fingerprint density at radius 3 is 2.80 bits per heavy atom. The summed E-state index contributed by atoms with van der Waals surface area (Å²) in [7, 11) is 0. The summed E-state index contributed by atoms with van der Waals surface area (Å²) in [6.07, 6.45) is 1.50. The minimum absolute atomic E-state index is 0.348. The lowest BCUT2D eigenvalue weighted by Gasteiger charge is -2.29. The lowest BCUT2D eigenvalue weighted by molar-refractivity contribution is 0.584. The zero-order chi connectivity index (χ0) is 10.7. The molecule has 6 heteroatoms. The predicted octanol–water partition coefficient (Wildman–Crippen LogP) is 1.65. The van der Waals surface area contributed by atoms with E-state index in [1.54, 1.807) is 6.07 Å². The first-order valence-corrected chi connectivity index (χ1v) is 5.55. The fourth-order valence-electron chi connectivity index (χ4n) is 1.58. The monoisotopic (exact) mass is 270 g/mol. The van der Waals surface area contributed by atoms with E-state index in [0.717, 1.165) is 36.5 Å². The van der Waals surface area contributed by atoms with Crippen LogP contribution in [0.2, 0.25) is 0 Å². The van der Waals surface area contributed by atoms with Gasteiger partial charge in [0, 0.05) is 26.2 Å². The first kappa shape index (κ1) is 10.5. The minimum atomic E-state index is 0.348. The standard InChI is InChI=1S/C9H11BrN4O/c10-8-5-7(13-15)6-12-9(8)14-3-1-11-2-4-14/h5-6,11H,1-4H2. The van der Waals surface area contributed by atoms with Crippen LogP contribution in [0.15, 0.2) is 21.9 Å². The maximum Gasteiger partial charge on any atom is 0.143 e. The molecule has 0 aromatic carbocycles. The van der Waals surface area contributed by atoms with Crippen LogP contribution < -0.4 is 10.2 Å². The van der Waals surface area contributed by atoms with Crippen molar-refractivity contribution in [3.05, 3.63) is 21.6 Å². The number of nitrogens with one attached hydrogen (secondary N) is 1. The van der Waals surface area contributed by atoms with Gasteiger partial charge in [-0.2, -0.15) is 0 Å². The number of pyridine rings is 1. The molecule has 0 aliphatic carbocycles. The van der Waals surface area contributed by atoms with Gasteiger partial charge in [-0.3, -0.25) is 0 Å². The van der Waals surface area contributed by atoms with Crippen molar-refractivity contribution in [3.8, 4) is 0 Å². The quantitative estimate of drug-likeness (QED) is 0.831. The van der Waals surface area contributed by atoms with Crippen LogP contribution in [-0.4, -0.2) is 31.2 Å². The molecule has 1 saturated heterocycles. The molecule has 0 atom stereocenters. The highest BCUT2D eigenvalue weighted by Crippen LogP contribution is 2.27. The van der Waals surface area contributed by atoms with Gasteiger partial charge in [-0.25, -0.2) is 4.98 Å². The van der Waals surface area contributed by atoms with Crippen LogP contribution in [0.25, 0.3) is 0 Å². The van der Waals surface area contributed by atoms with E-state index < -0.39 is 0 Å². The number of piperazine rings is 1. The zero-order valence-electron chi connectivity index (χ0n) is 8.11. The molecule has 0 radical (unpaired) electrons. The molecule has 0 unspecified atom stereocenters. The Balaban J connectivity index is 2.23. The molecule has 0 spiro atoms. The highest BCUT2D eigenvalue weighted by molar-refractivity contribution is 9.10. The smallest absolute Gasteiger partial charge is 0.143 e. The molecule has 1 aromatic rings. The van der Waals surface area contributed by atoms with E-state index in [2.05, 4.69) is 36.3 Å². The van der Waals surface area contributed by atoms with Gasteiger partial charge in [-0.15, -0.1) is 4.91 Å². The van der Waals surface area contributed by atoms with Crippen molar-refractivity contribution in [1.82, 2.24) is 10.3 Å². The van der Waals surface area contributed by atoms with Crippen molar-refractivity contribution in [1.29, 1.82) is 0 Å². The van der Waals surface area contributed by atoms with E-state index in [1.165, 1.54) is 6.20 Å². The molecule has 2 heterocycles. The van der Waals surface area contributed by atoms with Crippen LogP contribution in [-0.2, 0) is 0 Å². The number of aromatic nitrogens is 1. The molecular formula is C9H11BrN4O. The second-order valence-electron chi connectivity index (χ2n) is 3.33. The molecule has 80 valence electrons. The fraction of sp³-hybridized carbons (Fsp3) is 0.444. The number of nitroso groups, excluding NO2 is 1. The van der Waals surface area contributed by atoms with Crippen molar-refractivity contribution in [2.45, 2.75) is 0 Å². The van der Waals surface area contributed by atoms with E-state index in [9.17, 15) is 4.91 Å². The summed E-state index contributed by atoms with van der Waals surface area (Å²) in [5.41, 5.74) is 0.348. The molecular weight excluding hydrogens is 260 g/mol. The summed E-state index contributed by atoms with van der Waals surface area (Å²) in [6, 6.07) is 1.69. The minimum Gasteiger partial charge on any atom is -0.353 e. The van der Waals surface area contributed by atoms with E-state index in [0.29, 0.717) is 5.69 Å². The first-order chi connectivity index (χ1) is 7.31. The molecule has 2 rings (SSSR count). The van der Waals surface area contributed by atoms with Gasteiger partial charge >= 0.3 is 0 Å². The summed E-state index contributed by atoms with van der Waals surface area (Å²) in [5, 5.41) is 6.12. The average molecular weight is 271 g/mol. The molecule has 15 heavy (non-hydrogen) atoms. The third-order valence-corrected chi connectivity index (χ3v) is 2.91. The van der Waals surface area contributed by atoms with Crippen molar-refractivity contribution in [2.24, 2.45) is 5.18 Å². The maximum atomic E-state index is 10.3. The lowest BCUT2D eigenvalue weighted by Crippen LogP contribution is -2.44. The molecule has 0 bridgehead atoms. The predicted molar refractivity (Wildman–Crippen MR) is 62.5 cm³/mol. The molecule has 1 N–H and O–H groups in total. The molecule has 5 nitrogen and oxygen atoms in total. The number of halogens is 1. The maximum absolute atomic E-state index is 10.3. The Labute approximate surface area is 96.0 Å². The van der Waals surface area contributed by atoms with Crippen LogP contribution in [0, 0.1) is 4.91 Å². The molecule has 1 fully saturated rings. The average Bonchev–Trinajstić information content (AvgIpc) is 2.30. The van der Waals surface area contributed by atoms with Crippen molar-refractivity contribution < 1.29 is 0 Å². The van der Waals surface area contributed by atoms with Gasteiger partial charge in [0.15, 0.2) is 0 Å². The Morgan fingerprint density at radius 1 is 1.47 bits per heavy atom. The number of rotatable bonds is 2. The highest BCUT2D eigenvalue weighted by Gasteiger charge is 2.14. The summed E-state index contributed by atoms with van der Waals surface area (Å²) in [4.78, 5) is 16.7. The van der Waals surface area contributed by atoms with Gasteiger partial charge in [-0.05, 0) is 27.2 Å². The summed E-state index contributed by atoms with van der Waals surface area (Å²) >= 11 is 3.40. The van der Waals surface area contributed by atoms with E-state index in [-0.39, 0.29) is 0 Å².